The highest BCUT2D eigenvalue weighted by atomic mass is 15.0. The number of piperidine rings is 1. The van der Waals surface area contributed by atoms with Gasteiger partial charge in [0.1, 0.15) is 0 Å². The molecule has 2 heterocycles. The van der Waals surface area contributed by atoms with Crippen molar-refractivity contribution in [2.75, 3.05) is 13.1 Å². The summed E-state index contributed by atoms with van der Waals surface area (Å²) in [5.74, 6) is 0. The van der Waals surface area contributed by atoms with Crippen LogP contribution in [0.4, 0.5) is 0 Å². The van der Waals surface area contributed by atoms with Gasteiger partial charge in [-0.25, -0.2) is 4.98 Å². The molecule has 19 heavy (non-hydrogen) atoms. The highest BCUT2D eigenvalue weighted by Crippen LogP contribution is 2.11. The molecule has 2 rings (SSSR count). The zero-order chi connectivity index (χ0) is 13.3. The molecule has 1 aliphatic heterocycles. The zero-order valence-electron chi connectivity index (χ0n) is 12.1. The Kier molecular flexibility index (Phi) is 6.37. The molecule has 0 aliphatic carbocycles. The first-order chi connectivity index (χ1) is 9.34. The van der Waals surface area contributed by atoms with Crippen LogP contribution in [0.1, 0.15) is 45.4 Å². The Balaban J connectivity index is 1.48. The summed E-state index contributed by atoms with van der Waals surface area (Å²) in [7, 11) is 0. The molecule has 108 valence electrons. The van der Waals surface area contributed by atoms with Gasteiger partial charge in [-0.15, -0.1) is 0 Å². The van der Waals surface area contributed by atoms with E-state index >= 15 is 0 Å². The van der Waals surface area contributed by atoms with Gasteiger partial charge < -0.3 is 15.2 Å². The van der Waals surface area contributed by atoms with Crippen molar-refractivity contribution in [1.82, 2.24) is 20.2 Å². The first kappa shape index (κ1) is 14.5. The molecular weight excluding hydrogens is 236 g/mol. The lowest BCUT2D eigenvalue weighted by atomic mass is 9.99. The summed E-state index contributed by atoms with van der Waals surface area (Å²) in [4.78, 5) is 4.05. The van der Waals surface area contributed by atoms with Crippen molar-refractivity contribution in [2.45, 2.75) is 64.1 Å². The van der Waals surface area contributed by atoms with Gasteiger partial charge in [0.25, 0.3) is 0 Å². The molecule has 4 heteroatoms. The summed E-state index contributed by atoms with van der Waals surface area (Å²) in [6, 6.07) is 1.37. The van der Waals surface area contributed by atoms with Crippen molar-refractivity contribution in [3.05, 3.63) is 18.7 Å². The van der Waals surface area contributed by atoms with Gasteiger partial charge in [-0.2, -0.15) is 0 Å². The highest BCUT2D eigenvalue weighted by Gasteiger charge is 2.14. The van der Waals surface area contributed by atoms with Crippen molar-refractivity contribution in [3.8, 4) is 0 Å². The number of aromatic nitrogens is 2. The number of unbranched alkanes of at least 4 members (excludes halogenated alkanes) is 1. The second kappa shape index (κ2) is 8.33. The second-order valence-electron chi connectivity index (χ2n) is 5.75. The predicted molar refractivity (Wildman–Crippen MR) is 79.2 cm³/mol. The summed E-state index contributed by atoms with van der Waals surface area (Å²) in [6.45, 7) is 5.73. The molecule has 0 saturated carbocycles. The van der Waals surface area contributed by atoms with Crippen molar-refractivity contribution in [1.29, 1.82) is 0 Å². The number of nitrogens with zero attached hydrogens (tertiary/aromatic N) is 2. The Bertz CT molecular complexity index is 317. The van der Waals surface area contributed by atoms with Crippen LogP contribution in [0.5, 0.6) is 0 Å². The van der Waals surface area contributed by atoms with Crippen LogP contribution in [0, 0.1) is 0 Å². The van der Waals surface area contributed by atoms with Crippen molar-refractivity contribution in [3.63, 3.8) is 0 Å². The lowest BCUT2D eigenvalue weighted by Crippen LogP contribution is -2.40. The molecular formula is C15H28N4. The molecule has 2 N–H and O–H groups in total. The zero-order valence-corrected chi connectivity index (χ0v) is 12.1. The Hall–Kier alpha value is -0.870. The average molecular weight is 264 g/mol. The summed E-state index contributed by atoms with van der Waals surface area (Å²) < 4.78 is 2.15. The molecule has 0 aromatic carbocycles. The van der Waals surface area contributed by atoms with E-state index in [9.17, 15) is 0 Å². The number of hydrogen-bond donors (Lipinski definition) is 2. The molecule has 1 aromatic heterocycles. The maximum atomic E-state index is 4.05. The Morgan fingerprint density at radius 3 is 3.11 bits per heavy atom. The van der Waals surface area contributed by atoms with Crippen LogP contribution in [0.3, 0.4) is 0 Å². The van der Waals surface area contributed by atoms with E-state index in [1.807, 2.05) is 18.7 Å². The van der Waals surface area contributed by atoms with Crippen molar-refractivity contribution < 1.29 is 0 Å². The van der Waals surface area contributed by atoms with E-state index in [2.05, 4.69) is 27.1 Å². The van der Waals surface area contributed by atoms with Crippen LogP contribution >= 0.6 is 0 Å². The molecule has 0 amide bonds. The Morgan fingerprint density at radius 2 is 2.37 bits per heavy atom. The van der Waals surface area contributed by atoms with Crippen LogP contribution in [-0.4, -0.2) is 34.7 Å². The average Bonchev–Trinajstić information content (AvgIpc) is 2.92. The van der Waals surface area contributed by atoms with Crippen LogP contribution < -0.4 is 10.6 Å². The molecule has 1 aromatic rings. The van der Waals surface area contributed by atoms with Gasteiger partial charge in [0.15, 0.2) is 0 Å². The monoisotopic (exact) mass is 264 g/mol. The van der Waals surface area contributed by atoms with Gasteiger partial charge in [-0.3, -0.25) is 0 Å². The first-order valence-corrected chi connectivity index (χ1v) is 7.77. The van der Waals surface area contributed by atoms with Crippen molar-refractivity contribution >= 4 is 0 Å². The predicted octanol–water partition coefficient (Wildman–Crippen LogP) is 2.17. The van der Waals surface area contributed by atoms with E-state index in [4.69, 9.17) is 0 Å². The molecule has 1 aliphatic rings. The van der Waals surface area contributed by atoms with Crippen molar-refractivity contribution in [2.24, 2.45) is 0 Å². The Morgan fingerprint density at radius 1 is 1.42 bits per heavy atom. The van der Waals surface area contributed by atoms with Gasteiger partial charge in [0.05, 0.1) is 6.33 Å². The van der Waals surface area contributed by atoms with Gasteiger partial charge in [0, 0.05) is 31.0 Å². The van der Waals surface area contributed by atoms with Crippen LogP contribution in [0.25, 0.3) is 0 Å². The number of nitrogens with one attached hydrogen (secondary N) is 2. The third kappa shape index (κ3) is 5.74. The number of aryl methyl sites for hydroxylation is 1. The number of rotatable bonds is 8. The summed E-state index contributed by atoms with van der Waals surface area (Å²) in [5.41, 5.74) is 0. The molecule has 1 fully saturated rings. The van der Waals surface area contributed by atoms with E-state index in [0.717, 1.165) is 19.1 Å². The van der Waals surface area contributed by atoms with E-state index in [0.29, 0.717) is 6.04 Å². The lowest BCUT2D eigenvalue weighted by molar-refractivity contribution is 0.344. The van der Waals surface area contributed by atoms with Gasteiger partial charge in [0.2, 0.25) is 0 Å². The molecule has 4 nitrogen and oxygen atoms in total. The van der Waals surface area contributed by atoms with E-state index in [1.165, 1.54) is 45.1 Å². The fourth-order valence-corrected chi connectivity index (χ4v) is 2.82. The molecule has 0 spiro atoms. The minimum absolute atomic E-state index is 0.629. The lowest BCUT2D eigenvalue weighted by Gasteiger charge is -2.26. The molecule has 2 atom stereocenters. The fourth-order valence-electron chi connectivity index (χ4n) is 2.82. The van der Waals surface area contributed by atoms with Gasteiger partial charge in [-0.1, -0.05) is 6.42 Å². The van der Waals surface area contributed by atoms with Crippen LogP contribution in [0.15, 0.2) is 18.7 Å². The van der Waals surface area contributed by atoms with Gasteiger partial charge >= 0.3 is 0 Å². The van der Waals surface area contributed by atoms with Gasteiger partial charge in [-0.05, 0) is 52.1 Å². The maximum absolute atomic E-state index is 4.05. The summed E-state index contributed by atoms with van der Waals surface area (Å²) in [6.07, 6.45) is 13.6. The summed E-state index contributed by atoms with van der Waals surface area (Å²) in [5, 5.41) is 7.26. The van der Waals surface area contributed by atoms with E-state index in [1.54, 1.807) is 0 Å². The third-order valence-corrected chi connectivity index (χ3v) is 3.95. The standard InChI is InChI=1S/C15H28N4/c1-14(12-15-6-2-3-8-18-15)17-7-4-5-10-19-11-9-16-13-19/h9,11,13-15,17-18H,2-8,10,12H2,1H3. The minimum Gasteiger partial charge on any atom is -0.337 e. The SMILES string of the molecule is CC(CC1CCCCN1)NCCCCn1ccnc1. The quantitative estimate of drug-likeness (QED) is 0.707. The third-order valence-electron chi connectivity index (χ3n) is 3.95. The summed E-state index contributed by atoms with van der Waals surface area (Å²) >= 11 is 0. The first-order valence-electron chi connectivity index (χ1n) is 7.77. The molecule has 1 saturated heterocycles. The smallest absolute Gasteiger partial charge is 0.0945 e. The topological polar surface area (TPSA) is 41.9 Å². The minimum atomic E-state index is 0.629. The molecule has 0 radical (unpaired) electrons. The van der Waals surface area contributed by atoms with Crippen LogP contribution in [0.2, 0.25) is 0 Å². The Labute approximate surface area is 117 Å². The number of hydrogen-bond acceptors (Lipinski definition) is 3. The number of imidazole rings is 1. The normalized spacial score (nSPS) is 21.4. The van der Waals surface area contributed by atoms with E-state index < -0.39 is 0 Å². The van der Waals surface area contributed by atoms with Crippen LogP contribution in [-0.2, 0) is 6.54 Å². The molecule has 2 unspecified atom stereocenters. The largest absolute Gasteiger partial charge is 0.337 e. The highest BCUT2D eigenvalue weighted by molar-refractivity contribution is 4.77. The molecule has 0 bridgehead atoms. The fraction of sp³-hybridized carbons (Fsp3) is 0.800. The van der Waals surface area contributed by atoms with E-state index in [-0.39, 0.29) is 0 Å². The maximum Gasteiger partial charge on any atom is 0.0945 e. The second-order valence-corrected chi connectivity index (χ2v) is 5.75.